The van der Waals surface area contributed by atoms with E-state index in [0.717, 1.165) is 11.1 Å². The van der Waals surface area contributed by atoms with Gasteiger partial charge in [-0.1, -0.05) is 36.4 Å². The summed E-state index contributed by atoms with van der Waals surface area (Å²) in [6.45, 7) is 4.05. The van der Waals surface area contributed by atoms with Gasteiger partial charge < -0.3 is 5.11 Å². The molecule has 106 valence electrons. The Hall–Kier alpha value is -1.74. The minimum atomic E-state index is -2.51. The van der Waals surface area contributed by atoms with Crippen LogP contribution in [0, 0.1) is 13.8 Å². The molecule has 0 aromatic heterocycles. The second-order valence-corrected chi connectivity index (χ2v) is 5.11. The monoisotopic (exact) mass is 276 g/mol. The van der Waals surface area contributed by atoms with Crippen molar-refractivity contribution in [2.24, 2.45) is 0 Å². The van der Waals surface area contributed by atoms with Gasteiger partial charge in [-0.3, -0.25) is 0 Å². The molecule has 2 aromatic rings. The topological polar surface area (TPSA) is 20.2 Å². The van der Waals surface area contributed by atoms with E-state index >= 15 is 0 Å². The summed E-state index contributed by atoms with van der Waals surface area (Å²) in [7, 11) is 0. The molecule has 3 heteroatoms. The van der Waals surface area contributed by atoms with Crippen molar-refractivity contribution < 1.29 is 13.9 Å². The number of benzene rings is 2. The molecule has 0 aliphatic carbocycles. The van der Waals surface area contributed by atoms with E-state index in [1.807, 2.05) is 32.0 Å². The fourth-order valence-corrected chi connectivity index (χ4v) is 2.17. The Labute approximate surface area is 117 Å². The summed E-state index contributed by atoms with van der Waals surface area (Å²) in [5.41, 5.74) is 3.84. The zero-order valence-corrected chi connectivity index (χ0v) is 11.6. The van der Waals surface area contributed by atoms with E-state index in [1.54, 1.807) is 12.1 Å². The number of hydrogen-bond acceptors (Lipinski definition) is 1. The van der Waals surface area contributed by atoms with E-state index in [4.69, 9.17) is 0 Å². The fourth-order valence-electron chi connectivity index (χ4n) is 2.17. The van der Waals surface area contributed by atoms with Crippen molar-refractivity contribution in [1.29, 1.82) is 0 Å². The third-order valence-electron chi connectivity index (χ3n) is 3.55. The Balaban J connectivity index is 2.17. The maximum absolute atomic E-state index is 12.7. The van der Waals surface area contributed by atoms with E-state index in [1.165, 1.54) is 17.7 Å². The highest BCUT2D eigenvalue weighted by atomic mass is 19.3. The first-order chi connectivity index (χ1) is 9.47. The number of halogens is 2. The first kappa shape index (κ1) is 14.7. The van der Waals surface area contributed by atoms with Gasteiger partial charge in [-0.25, -0.2) is 8.78 Å². The molecule has 0 aliphatic rings. The molecule has 0 saturated carbocycles. The molecule has 0 spiro atoms. The van der Waals surface area contributed by atoms with Gasteiger partial charge in [0.25, 0.3) is 6.43 Å². The van der Waals surface area contributed by atoms with Gasteiger partial charge in [0.2, 0.25) is 0 Å². The highest BCUT2D eigenvalue weighted by molar-refractivity contribution is 5.32. The third kappa shape index (κ3) is 3.42. The highest BCUT2D eigenvalue weighted by Crippen LogP contribution is 2.25. The van der Waals surface area contributed by atoms with Gasteiger partial charge in [0.1, 0.15) is 0 Å². The minimum absolute atomic E-state index is 0.0540. The second-order valence-electron chi connectivity index (χ2n) is 5.11. The van der Waals surface area contributed by atoms with Crippen molar-refractivity contribution in [3.05, 3.63) is 70.3 Å². The molecule has 1 atom stereocenters. The molecule has 0 radical (unpaired) electrons. The molecule has 0 heterocycles. The van der Waals surface area contributed by atoms with Crippen LogP contribution in [0.5, 0.6) is 0 Å². The Morgan fingerprint density at radius 3 is 2.30 bits per heavy atom. The molecule has 1 unspecified atom stereocenters. The molecule has 1 nitrogen and oxygen atoms in total. The molecular formula is C17H18F2O. The average molecular weight is 276 g/mol. The van der Waals surface area contributed by atoms with Gasteiger partial charge in [-0.2, -0.15) is 0 Å². The minimum Gasteiger partial charge on any atom is -0.388 e. The van der Waals surface area contributed by atoms with Crippen LogP contribution in [-0.4, -0.2) is 5.11 Å². The van der Waals surface area contributed by atoms with E-state index in [2.05, 4.69) is 0 Å². The van der Waals surface area contributed by atoms with Crippen LogP contribution in [-0.2, 0) is 6.42 Å². The van der Waals surface area contributed by atoms with Crippen molar-refractivity contribution in [2.45, 2.75) is 32.8 Å². The first-order valence-corrected chi connectivity index (χ1v) is 6.59. The van der Waals surface area contributed by atoms with Gasteiger partial charge >= 0.3 is 0 Å². The lowest BCUT2D eigenvalue weighted by Gasteiger charge is -2.13. The molecule has 0 bridgehead atoms. The van der Waals surface area contributed by atoms with Crippen molar-refractivity contribution in [3.8, 4) is 0 Å². The number of hydrogen-bond donors (Lipinski definition) is 1. The van der Waals surface area contributed by atoms with E-state index < -0.39 is 12.5 Å². The highest BCUT2D eigenvalue weighted by Gasteiger charge is 2.13. The molecule has 0 amide bonds. The Bertz CT molecular complexity index is 593. The predicted molar refractivity (Wildman–Crippen MR) is 76.0 cm³/mol. The summed E-state index contributed by atoms with van der Waals surface area (Å²) in [6.07, 6.45) is -2.85. The van der Waals surface area contributed by atoms with Gasteiger partial charge in [-0.05, 0) is 42.2 Å². The van der Waals surface area contributed by atoms with Crippen LogP contribution in [0.3, 0.4) is 0 Å². The normalized spacial score (nSPS) is 12.7. The molecule has 20 heavy (non-hydrogen) atoms. The molecule has 0 aliphatic heterocycles. The molecular weight excluding hydrogens is 258 g/mol. The summed E-state index contributed by atoms with van der Waals surface area (Å²) in [5.74, 6) is 0. The Morgan fingerprint density at radius 1 is 0.950 bits per heavy atom. The van der Waals surface area contributed by atoms with E-state index in [9.17, 15) is 13.9 Å². The summed E-state index contributed by atoms with van der Waals surface area (Å²) in [4.78, 5) is 0. The van der Waals surface area contributed by atoms with E-state index in [-0.39, 0.29) is 5.56 Å². The zero-order chi connectivity index (χ0) is 14.7. The molecule has 0 fully saturated rings. The number of alkyl halides is 2. The van der Waals surface area contributed by atoms with Crippen LogP contribution in [0.15, 0.2) is 42.5 Å². The number of aryl methyl sites for hydroxylation is 2. The van der Waals surface area contributed by atoms with Crippen LogP contribution in [0.2, 0.25) is 0 Å². The summed E-state index contributed by atoms with van der Waals surface area (Å²) in [6, 6.07) is 12.0. The third-order valence-corrected chi connectivity index (χ3v) is 3.55. The van der Waals surface area contributed by atoms with Crippen LogP contribution in [0.4, 0.5) is 8.78 Å². The van der Waals surface area contributed by atoms with Crippen LogP contribution in [0.1, 0.15) is 40.3 Å². The van der Waals surface area contributed by atoms with Crippen molar-refractivity contribution in [2.75, 3.05) is 0 Å². The predicted octanol–water partition coefficient (Wildman–Crippen LogP) is 4.52. The molecule has 2 aromatic carbocycles. The number of aliphatic hydroxyl groups is 1. The van der Waals surface area contributed by atoms with Crippen molar-refractivity contribution in [1.82, 2.24) is 0 Å². The lowest BCUT2D eigenvalue weighted by molar-refractivity contribution is 0.149. The van der Waals surface area contributed by atoms with Gasteiger partial charge in [0.05, 0.1) is 6.10 Å². The SMILES string of the molecule is Cc1ccc(CC(O)c2cccc(C(F)F)c2)cc1C. The average Bonchev–Trinajstić information content (AvgIpc) is 2.43. The lowest BCUT2D eigenvalue weighted by Crippen LogP contribution is -2.03. The fraction of sp³-hybridized carbons (Fsp3) is 0.294. The van der Waals surface area contributed by atoms with Crippen LogP contribution < -0.4 is 0 Å². The lowest BCUT2D eigenvalue weighted by atomic mass is 9.97. The molecule has 1 N–H and O–H groups in total. The van der Waals surface area contributed by atoms with Gasteiger partial charge in [-0.15, -0.1) is 0 Å². The van der Waals surface area contributed by atoms with E-state index in [0.29, 0.717) is 12.0 Å². The summed E-state index contributed by atoms with van der Waals surface area (Å²) >= 11 is 0. The standard InChI is InChI=1S/C17H18F2O/c1-11-6-7-13(8-12(11)2)9-16(20)14-4-3-5-15(10-14)17(18)19/h3-8,10,16-17,20H,9H2,1-2H3. The van der Waals surface area contributed by atoms with Crippen molar-refractivity contribution in [3.63, 3.8) is 0 Å². The van der Waals surface area contributed by atoms with Crippen LogP contribution in [0.25, 0.3) is 0 Å². The number of aliphatic hydroxyl groups excluding tert-OH is 1. The van der Waals surface area contributed by atoms with Gasteiger partial charge in [0.15, 0.2) is 0 Å². The number of rotatable bonds is 4. The van der Waals surface area contributed by atoms with Crippen LogP contribution >= 0.6 is 0 Å². The second kappa shape index (κ2) is 6.14. The Kier molecular flexibility index (Phi) is 4.50. The quantitative estimate of drug-likeness (QED) is 0.870. The maximum Gasteiger partial charge on any atom is 0.263 e. The molecule has 0 saturated heterocycles. The Morgan fingerprint density at radius 2 is 1.65 bits per heavy atom. The smallest absolute Gasteiger partial charge is 0.263 e. The summed E-state index contributed by atoms with van der Waals surface area (Å²) in [5, 5.41) is 10.2. The maximum atomic E-state index is 12.7. The largest absolute Gasteiger partial charge is 0.388 e. The van der Waals surface area contributed by atoms with Gasteiger partial charge in [0, 0.05) is 12.0 Å². The summed E-state index contributed by atoms with van der Waals surface area (Å²) < 4.78 is 25.3. The van der Waals surface area contributed by atoms with Crippen molar-refractivity contribution >= 4 is 0 Å². The first-order valence-electron chi connectivity index (χ1n) is 6.59. The zero-order valence-electron chi connectivity index (χ0n) is 11.6. The molecule has 2 rings (SSSR count).